The Morgan fingerprint density at radius 3 is 2.75 bits per heavy atom. The van der Waals surface area contributed by atoms with Gasteiger partial charge in [-0.2, -0.15) is 5.10 Å². The monoisotopic (exact) mass is 333 g/mol. The van der Waals surface area contributed by atoms with Crippen molar-refractivity contribution >= 4 is 15.9 Å². The number of benzene rings is 1. The van der Waals surface area contributed by atoms with Gasteiger partial charge >= 0.3 is 0 Å². The molecule has 0 unspecified atom stereocenters. The summed E-state index contributed by atoms with van der Waals surface area (Å²) in [5.74, 6) is 0.599. The second-order valence-corrected chi connectivity index (χ2v) is 6.36. The van der Waals surface area contributed by atoms with E-state index in [4.69, 9.17) is 5.10 Å². The van der Waals surface area contributed by atoms with Gasteiger partial charge in [0.15, 0.2) is 0 Å². The highest BCUT2D eigenvalue weighted by Gasteiger charge is 2.24. The molecule has 4 heteroatoms. The second kappa shape index (κ2) is 5.70. The molecule has 1 saturated heterocycles. The van der Waals surface area contributed by atoms with Gasteiger partial charge in [0.1, 0.15) is 5.69 Å². The number of nitrogens with zero attached hydrogens (tertiary/aromatic N) is 2. The summed E-state index contributed by atoms with van der Waals surface area (Å²) in [6, 6.07) is 8.54. The largest absolute Gasteiger partial charge is 0.317 e. The zero-order valence-corrected chi connectivity index (χ0v) is 13.6. The van der Waals surface area contributed by atoms with Gasteiger partial charge < -0.3 is 5.32 Å². The number of halogens is 1. The third-order valence-electron chi connectivity index (χ3n) is 4.05. The number of piperidine rings is 1. The third-order valence-corrected chi connectivity index (χ3v) is 4.83. The van der Waals surface area contributed by atoms with E-state index in [-0.39, 0.29) is 0 Å². The molecule has 1 aromatic carbocycles. The SMILES string of the molecule is Cc1cccc(-c2nn(C)c(C3CCNCC3)c2Br)c1. The number of hydrogen-bond donors (Lipinski definition) is 1. The van der Waals surface area contributed by atoms with Gasteiger partial charge in [0.2, 0.25) is 0 Å². The summed E-state index contributed by atoms with van der Waals surface area (Å²) < 4.78 is 3.22. The highest BCUT2D eigenvalue weighted by Crippen LogP contribution is 2.37. The molecule has 0 spiro atoms. The first-order valence-corrected chi connectivity index (χ1v) is 7.96. The molecule has 1 aliphatic heterocycles. The lowest BCUT2D eigenvalue weighted by Crippen LogP contribution is -2.27. The van der Waals surface area contributed by atoms with Gasteiger partial charge in [0.25, 0.3) is 0 Å². The molecule has 0 atom stereocenters. The van der Waals surface area contributed by atoms with Crippen molar-refractivity contribution in [2.75, 3.05) is 13.1 Å². The van der Waals surface area contributed by atoms with E-state index in [0.717, 1.165) is 23.3 Å². The van der Waals surface area contributed by atoms with Crippen LogP contribution in [0.1, 0.15) is 30.0 Å². The van der Waals surface area contributed by atoms with Crippen LogP contribution in [0.3, 0.4) is 0 Å². The standard InChI is InChI=1S/C16H20BrN3/c1-11-4-3-5-13(10-11)15-14(17)16(20(2)19-15)12-6-8-18-9-7-12/h3-5,10,12,18H,6-9H2,1-2H3. The number of hydrogen-bond acceptors (Lipinski definition) is 2. The highest BCUT2D eigenvalue weighted by atomic mass is 79.9. The van der Waals surface area contributed by atoms with Crippen LogP contribution >= 0.6 is 15.9 Å². The minimum Gasteiger partial charge on any atom is -0.317 e. The summed E-state index contributed by atoms with van der Waals surface area (Å²) in [5.41, 5.74) is 4.85. The first-order chi connectivity index (χ1) is 9.66. The Morgan fingerprint density at radius 2 is 2.05 bits per heavy atom. The van der Waals surface area contributed by atoms with E-state index >= 15 is 0 Å². The fourth-order valence-corrected chi connectivity index (χ4v) is 3.92. The molecule has 0 saturated carbocycles. The first-order valence-electron chi connectivity index (χ1n) is 7.17. The minimum atomic E-state index is 0.599. The molecule has 106 valence electrons. The molecule has 0 bridgehead atoms. The molecule has 0 amide bonds. The molecule has 2 heterocycles. The second-order valence-electron chi connectivity index (χ2n) is 5.57. The quantitative estimate of drug-likeness (QED) is 0.909. The molecular weight excluding hydrogens is 314 g/mol. The minimum absolute atomic E-state index is 0.599. The van der Waals surface area contributed by atoms with E-state index in [1.54, 1.807) is 0 Å². The first kappa shape index (κ1) is 13.8. The van der Waals surface area contributed by atoms with Crippen molar-refractivity contribution in [3.05, 3.63) is 40.0 Å². The van der Waals surface area contributed by atoms with Crippen molar-refractivity contribution in [3.63, 3.8) is 0 Å². The van der Waals surface area contributed by atoms with Gasteiger partial charge in [-0.05, 0) is 54.9 Å². The van der Waals surface area contributed by atoms with Crippen LogP contribution in [0, 0.1) is 6.92 Å². The smallest absolute Gasteiger partial charge is 0.107 e. The van der Waals surface area contributed by atoms with Crippen LogP contribution in [-0.4, -0.2) is 22.9 Å². The maximum absolute atomic E-state index is 4.75. The number of rotatable bonds is 2. The van der Waals surface area contributed by atoms with Crippen molar-refractivity contribution in [2.24, 2.45) is 7.05 Å². The molecule has 1 fully saturated rings. The van der Waals surface area contributed by atoms with Crippen LogP contribution in [0.25, 0.3) is 11.3 Å². The number of nitrogens with one attached hydrogen (secondary N) is 1. The molecular formula is C16H20BrN3. The fraction of sp³-hybridized carbons (Fsp3) is 0.438. The van der Waals surface area contributed by atoms with Crippen molar-refractivity contribution in [1.82, 2.24) is 15.1 Å². The number of aryl methyl sites for hydroxylation is 2. The molecule has 2 aromatic rings. The fourth-order valence-electron chi connectivity index (χ4n) is 3.03. The van der Waals surface area contributed by atoms with Crippen LogP contribution in [0.15, 0.2) is 28.7 Å². The van der Waals surface area contributed by atoms with Crippen LogP contribution < -0.4 is 5.32 Å². The summed E-state index contributed by atoms with van der Waals surface area (Å²) in [6.07, 6.45) is 2.37. The Hall–Kier alpha value is -1.13. The Labute approximate surface area is 128 Å². The molecule has 0 radical (unpaired) electrons. The highest BCUT2D eigenvalue weighted by molar-refractivity contribution is 9.10. The summed E-state index contributed by atoms with van der Waals surface area (Å²) in [5, 5.41) is 8.17. The maximum atomic E-state index is 4.75. The number of aromatic nitrogens is 2. The van der Waals surface area contributed by atoms with Gasteiger partial charge in [-0.15, -0.1) is 0 Å². The van der Waals surface area contributed by atoms with Gasteiger partial charge in [0.05, 0.1) is 10.2 Å². The average Bonchev–Trinajstić information content (AvgIpc) is 2.75. The lowest BCUT2D eigenvalue weighted by molar-refractivity contribution is 0.439. The molecule has 0 aliphatic carbocycles. The third kappa shape index (κ3) is 2.54. The van der Waals surface area contributed by atoms with E-state index in [2.05, 4.69) is 64.2 Å². The lowest BCUT2D eigenvalue weighted by atomic mass is 9.94. The van der Waals surface area contributed by atoms with Crippen LogP contribution in [0.2, 0.25) is 0 Å². The lowest BCUT2D eigenvalue weighted by Gasteiger charge is -2.23. The molecule has 3 nitrogen and oxygen atoms in total. The molecule has 1 N–H and O–H groups in total. The summed E-state index contributed by atoms with van der Waals surface area (Å²) >= 11 is 3.80. The van der Waals surface area contributed by atoms with E-state index in [0.29, 0.717) is 5.92 Å². The molecule has 1 aliphatic rings. The van der Waals surface area contributed by atoms with Gasteiger partial charge in [-0.25, -0.2) is 0 Å². The van der Waals surface area contributed by atoms with E-state index in [1.165, 1.54) is 29.7 Å². The van der Waals surface area contributed by atoms with Crippen LogP contribution in [-0.2, 0) is 7.05 Å². The summed E-state index contributed by atoms with van der Waals surface area (Å²) in [7, 11) is 2.06. The Kier molecular flexibility index (Phi) is 3.94. The molecule has 20 heavy (non-hydrogen) atoms. The summed E-state index contributed by atoms with van der Waals surface area (Å²) in [6.45, 7) is 4.32. The van der Waals surface area contributed by atoms with Crippen molar-refractivity contribution < 1.29 is 0 Å². The Bertz CT molecular complexity index is 612. The maximum Gasteiger partial charge on any atom is 0.107 e. The predicted molar refractivity (Wildman–Crippen MR) is 85.9 cm³/mol. The topological polar surface area (TPSA) is 29.9 Å². The van der Waals surface area contributed by atoms with Crippen LogP contribution in [0.5, 0.6) is 0 Å². The summed E-state index contributed by atoms with van der Waals surface area (Å²) in [4.78, 5) is 0. The van der Waals surface area contributed by atoms with Crippen molar-refractivity contribution in [3.8, 4) is 11.3 Å². The van der Waals surface area contributed by atoms with Crippen molar-refractivity contribution in [1.29, 1.82) is 0 Å². The predicted octanol–water partition coefficient (Wildman–Crippen LogP) is 3.63. The normalized spacial score (nSPS) is 16.6. The van der Waals surface area contributed by atoms with E-state index < -0.39 is 0 Å². The molecule has 1 aromatic heterocycles. The Morgan fingerprint density at radius 1 is 1.30 bits per heavy atom. The van der Waals surface area contributed by atoms with E-state index in [9.17, 15) is 0 Å². The molecule has 3 rings (SSSR count). The van der Waals surface area contributed by atoms with Gasteiger partial charge in [-0.3, -0.25) is 4.68 Å². The Balaban J connectivity index is 2.02. The average molecular weight is 334 g/mol. The van der Waals surface area contributed by atoms with Gasteiger partial charge in [0, 0.05) is 18.5 Å². The zero-order valence-electron chi connectivity index (χ0n) is 12.0. The van der Waals surface area contributed by atoms with Crippen LogP contribution in [0.4, 0.5) is 0 Å². The van der Waals surface area contributed by atoms with Gasteiger partial charge in [-0.1, -0.05) is 23.8 Å². The van der Waals surface area contributed by atoms with E-state index in [1.807, 2.05) is 0 Å². The zero-order chi connectivity index (χ0) is 14.1. The van der Waals surface area contributed by atoms with Crippen molar-refractivity contribution in [2.45, 2.75) is 25.7 Å².